The van der Waals surface area contributed by atoms with Gasteiger partial charge < -0.3 is 0 Å². The minimum absolute atomic E-state index is 0. The summed E-state index contributed by atoms with van der Waals surface area (Å²) in [4.78, 5) is 0. The summed E-state index contributed by atoms with van der Waals surface area (Å²) in [5.74, 6) is 0. The Bertz CT molecular complexity index is 1020. The summed E-state index contributed by atoms with van der Waals surface area (Å²) >= 11 is 0. The molecule has 0 N–H and O–H groups in total. The highest BCUT2D eigenvalue weighted by Crippen LogP contribution is 2.55. The zero-order chi connectivity index (χ0) is 20.4. The third-order valence-electron chi connectivity index (χ3n) is 6.25. The molecule has 0 atom stereocenters. The fourth-order valence-electron chi connectivity index (χ4n) is 4.36. The Morgan fingerprint density at radius 2 is 0.833 bits per heavy atom. The maximum absolute atomic E-state index is 2.46. The SMILES string of the molecule is Cc1cc([P+](c2ccccc2)(c2ccccc2)c2ccccc2)c(C)c(C)c1C.[B]. The summed E-state index contributed by atoms with van der Waals surface area (Å²) in [7, 11) is -2.02. The van der Waals surface area contributed by atoms with Crippen LogP contribution < -0.4 is 21.2 Å². The fourth-order valence-corrected chi connectivity index (χ4v) is 9.00. The van der Waals surface area contributed by atoms with Gasteiger partial charge in [-0.2, -0.15) is 0 Å². The number of hydrogen-bond donors (Lipinski definition) is 0. The average molecular weight is 406 g/mol. The Morgan fingerprint density at radius 1 is 0.467 bits per heavy atom. The van der Waals surface area contributed by atoms with Crippen molar-refractivity contribution in [3.05, 3.63) is 119 Å². The Balaban J connectivity index is 0.00000256. The lowest BCUT2D eigenvalue weighted by atomic mass is 10.00. The van der Waals surface area contributed by atoms with E-state index in [4.69, 9.17) is 0 Å². The first-order valence-electron chi connectivity index (χ1n) is 10.2. The van der Waals surface area contributed by atoms with Gasteiger partial charge in [-0.1, -0.05) is 54.6 Å². The van der Waals surface area contributed by atoms with Crippen LogP contribution in [0.25, 0.3) is 0 Å². The average Bonchev–Trinajstić information content (AvgIpc) is 2.78. The number of benzene rings is 4. The van der Waals surface area contributed by atoms with E-state index in [9.17, 15) is 0 Å². The molecular formula is C28H28BP+. The van der Waals surface area contributed by atoms with Crippen molar-refractivity contribution in [1.82, 2.24) is 0 Å². The molecule has 0 bridgehead atoms. The molecule has 4 rings (SSSR count). The molecule has 0 saturated carbocycles. The summed E-state index contributed by atoms with van der Waals surface area (Å²) in [6, 6.07) is 35.8. The molecule has 0 fully saturated rings. The topological polar surface area (TPSA) is 0 Å². The van der Waals surface area contributed by atoms with Crippen LogP contribution >= 0.6 is 7.26 Å². The largest absolute Gasteiger partial charge is 0.144 e. The molecule has 0 heterocycles. The van der Waals surface area contributed by atoms with E-state index < -0.39 is 7.26 Å². The molecule has 30 heavy (non-hydrogen) atoms. The zero-order valence-electron chi connectivity index (χ0n) is 18.3. The lowest BCUT2D eigenvalue weighted by Crippen LogP contribution is -2.40. The first kappa shape index (κ1) is 22.1. The summed E-state index contributed by atoms with van der Waals surface area (Å²) in [6.45, 7) is 9.08. The van der Waals surface area contributed by atoms with E-state index in [-0.39, 0.29) is 8.41 Å². The highest BCUT2D eigenvalue weighted by atomic mass is 31.2. The molecule has 2 heteroatoms. The van der Waals surface area contributed by atoms with Gasteiger partial charge in [0.1, 0.15) is 28.5 Å². The van der Waals surface area contributed by atoms with Crippen molar-refractivity contribution >= 4 is 36.9 Å². The molecule has 0 unspecified atom stereocenters. The Labute approximate surface area is 183 Å². The second-order valence-electron chi connectivity index (χ2n) is 7.77. The van der Waals surface area contributed by atoms with Crippen molar-refractivity contribution in [3.63, 3.8) is 0 Å². The molecule has 0 aliphatic carbocycles. The smallest absolute Gasteiger partial charge is 0.0620 e. The van der Waals surface area contributed by atoms with E-state index in [0.717, 1.165) is 0 Å². The molecule has 4 aromatic rings. The van der Waals surface area contributed by atoms with Crippen LogP contribution in [-0.2, 0) is 0 Å². The van der Waals surface area contributed by atoms with Crippen LogP contribution in [0.3, 0.4) is 0 Å². The van der Waals surface area contributed by atoms with Gasteiger partial charge in [0.25, 0.3) is 0 Å². The van der Waals surface area contributed by atoms with E-state index in [1.54, 1.807) is 0 Å². The van der Waals surface area contributed by atoms with Gasteiger partial charge in [0.2, 0.25) is 0 Å². The highest BCUT2D eigenvalue weighted by molar-refractivity contribution is 8.01. The van der Waals surface area contributed by atoms with E-state index in [2.05, 4.69) is 125 Å². The van der Waals surface area contributed by atoms with Crippen molar-refractivity contribution < 1.29 is 0 Å². The first-order valence-corrected chi connectivity index (χ1v) is 12.0. The lowest BCUT2D eigenvalue weighted by Gasteiger charge is -2.30. The van der Waals surface area contributed by atoms with Gasteiger partial charge in [0.15, 0.2) is 0 Å². The minimum atomic E-state index is -2.02. The van der Waals surface area contributed by atoms with E-state index in [1.165, 1.54) is 43.5 Å². The van der Waals surface area contributed by atoms with Gasteiger partial charge in [-0.15, -0.1) is 0 Å². The van der Waals surface area contributed by atoms with Gasteiger partial charge in [0, 0.05) is 8.41 Å². The maximum atomic E-state index is 2.46. The standard InChI is InChI=1S/C28H28P.B/c1-21-20-28(24(4)23(3)22(21)2)29(25-14-8-5-9-15-25,26-16-10-6-11-17-26)27-18-12-7-13-19-27;/h5-20H,1-4H3;/q+1;. The molecule has 0 spiro atoms. The quantitative estimate of drug-likeness (QED) is 0.325. The maximum Gasteiger partial charge on any atom is 0.144 e. The van der Waals surface area contributed by atoms with E-state index in [1.807, 2.05) is 0 Å². The summed E-state index contributed by atoms with van der Waals surface area (Å²) < 4.78 is 0. The molecule has 0 aliphatic heterocycles. The van der Waals surface area contributed by atoms with E-state index >= 15 is 0 Å². The summed E-state index contributed by atoms with van der Waals surface area (Å²) in [6.07, 6.45) is 0. The molecule has 0 aromatic heterocycles. The Morgan fingerprint density at radius 3 is 1.20 bits per heavy atom. The normalized spacial score (nSPS) is 11.1. The van der Waals surface area contributed by atoms with Crippen LogP contribution in [0.5, 0.6) is 0 Å². The van der Waals surface area contributed by atoms with Crippen LogP contribution in [0.1, 0.15) is 22.3 Å². The van der Waals surface area contributed by atoms with Crippen molar-refractivity contribution in [2.24, 2.45) is 0 Å². The third-order valence-corrected chi connectivity index (χ3v) is 10.7. The van der Waals surface area contributed by atoms with Crippen LogP contribution in [0.2, 0.25) is 0 Å². The minimum Gasteiger partial charge on any atom is -0.0620 e. The molecule has 3 radical (unpaired) electrons. The van der Waals surface area contributed by atoms with Gasteiger partial charge in [0.05, 0.1) is 0 Å². The number of hydrogen-bond acceptors (Lipinski definition) is 0. The van der Waals surface area contributed by atoms with Gasteiger partial charge in [-0.05, 0) is 92.4 Å². The Hall–Kier alpha value is -2.63. The number of rotatable bonds is 4. The second-order valence-corrected chi connectivity index (χ2v) is 11.1. The zero-order valence-corrected chi connectivity index (χ0v) is 19.2. The predicted molar refractivity (Wildman–Crippen MR) is 136 cm³/mol. The first-order chi connectivity index (χ1) is 14.1. The second kappa shape index (κ2) is 9.03. The monoisotopic (exact) mass is 406 g/mol. The molecule has 147 valence electrons. The Kier molecular flexibility index (Phi) is 6.64. The number of aryl methyl sites for hydroxylation is 1. The van der Waals surface area contributed by atoms with Crippen molar-refractivity contribution in [1.29, 1.82) is 0 Å². The van der Waals surface area contributed by atoms with E-state index in [0.29, 0.717) is 0 Å². The molecular weight excluding hydrogens is 378 g/mol. The summed E-state index contributed by atoms with van der Waals surface area (Å²) in [5, 5.41) is 5.69. The fraction of sp³-hybridized carbons (Fsp3) is 0.143. The molecule has 0 aliphatic rings. The van der Waals surface area contributed by atoms with Gasteiger partial charge in [-0.3, -0.25) is 0 Å². The highest BCUT2D eigenvalue weighted by Gasteiger charge is 2.49. The third kappa shape index (κ3) is 3.53. The van der Waals surface area contributed by atoms with Gasteiger partial charge >= 0.3 is 0 Å². The van der Waals surface area contributed by atoms with Crippen molar-refractivity contribution in [3.8, 4) is 0 Å². The predicted octanol–water partition coefficient (Wildman–Crippen LogP) is 5.16. The lowest BCUT2D eigenvalue weighted by molar-refractivity contribution is 1.23. The summed E-state index contributed by atoms with van der Waals surface area (Å²) in [5.41, 5.74) is 5.60. The van der Waals surface area contributed by atoms with Gasteiger partial charge in [-0.25, -0.2) is 0 Å². The molecule has 0 saturated heterocycles. The van der Waals surface area contributed by atoms with Crippen LogP contribution in [0.4, 0.5) is 0 Å². The molecule has 4 aromatic carbocycles. The van der Waals surface area contributed by atoms with Crippen LogP contribution in [0.15, 0.2) is 97.1 Å². The van der Waals surface area contributed by atoms with Crippen LogP contribution in [-0.4, -0.2) is 8.41 Å². The molecule has 0 nitrogen and oxygen atoms in total. The van der Waals surface area contributed by atoms with Crippen molar-refractivity contribution in [2.75, 3.05) is 0 Å². The van der Waals surface area contributed by atoms with Crippen LogP contribution in [0, 0.1) is 27.7 Å². The van der Waals surface area contributed by atoms with Crippen molar-refractivity contribution in [2.45, 2.75) is 27.7 Å². The molecule has 0 amide bonds.